The molecule has 0 amide bonds. The van der Waals surface area contributed by atoms with Gasteiger partial charge in [-0.1, -0.05) is 39.4 Å². The molecule has 0 nitrogen and oxygen atoms in total. The highest BCUT2D eigenvalue weighted by Crippen LogP contribution is 2.43. The molecule has 12 heavy (non-hydrogen) atoms. The summed E-state index contributed by atoms with van der Waals surface area (Å²) in [6.07, 6.45) is 5.31. The molecule has 0 aromatic rings. The van der Waals surface area contributed by atoms with Crippen LogP contribution in [0.2, 0.25) is 5.82 Å². The minimum atomic E-state index is 0.498. The zero-order chi connectivity index (χ0) is 9.14. The second-order valence-electron chi connectivity index (χ2n) is 4.80. The Kier molecular flexibility index (Phi) is 3.67. The quantitative estimate of drug-likeness (QED) is 0.560. The van der Waals surface area contributed by atoms with Crippen LogP contribution in [0, 0.1) is 17.8 Å². The minimum Gasteiger partial charge on any atom is -0.0743 e. The maximum absolute atomic E-state index is 6.09. The van der Waals surface area contributed by atoms with Gasteiger partial charge in [-0.2, -0.15) is 0 Å². The molecule has 1 heteroatoms. The molecular formula is C11H21B. The van der Waals surface area contributed by atoms with E-state index < -0.39 is 0 Å². The lowest BCUT2D eigenvalue weighted by Gasteiger charge is -2.17. The summed E-state index contributed by atoms with van der Waals surface area (Å²) in [6.45, 7) is 6.88. The van der Waals surface area contributed by atoms with Crippen molar-refractivity contribution >= 4 is 7.85 Å². The van der Waals surface area contributed by atoms with Gasteiger partial charge in [-0.25, -0.2) is 0 Å². The number of rotatable bonds is 3. The second-order valence-corrected chi connectivity index (χ2v) is 4.80. The molecule has 0 bridgehead atoms. The van der Waals surface area contributed by atoms with E-state index in [0.717, 1.165) is 17.8 Å². The minimum absolute atomic E-state index is 0.498. The molecular weight excluding hydrogens is 143 g/mol. The summed E-state index contributed by atoms with van der Waals surface area (Å²) in [4.78, 5) is 0. The van der Waals surface area contributed by atoms with Crippen molar-refractivity contribution in [1.29, 1.82) is 0 Å². The van der Waals surface area contributed by atoms with Crippen LogP contribution in [-0.2, 0) is 0 Å². The Balaban J connectivity index is 2.35. The first-order valence-electron chi connectivity index (χ1n) is 5.39. The summed E-state index contributed by atoms with van der Waals surface area (Å²) >= 11 is 0. The lowest BCUT2D eigenvalue weighted by atomic mass is 9.76. The normalized spacial score (nSPS) is 36.2. The van der Waals surface area contributed by atoms with Crippen molar-refractivity contribution in [2.75, 3.05) is 0 Å². The van der Waals surface area contributed by atoms with Gasteiger partial charge >= 0.3 is 0 Å². The van der Waals surface area contributed by atoms with E-state index in [1.165, 1.54) is 25.7 Å². The Morgan fingerprint density at radius 1 is 1.33 bits per heavy atom. The van der Waals surface area contributed by atoms with Crippen molar-refractivity contribution in [3.63, 3.8) is 0 Å². The van der Waals surface area contributed by atoms with Crippen LogP contribution >= 0.6 is 0 Å². The summed E-state index contributed by atoms with van der Waals surface area (Å²) in [5.74, 6) is 3.05. The Hall–Kier alpha value is 0.0649. The van der Waals surface area contributed by atoms with Gasteiger partial charge in [0.05, 0.1) is 7.85 Å². The lowest BCUT2D eigenvalue weighted by molar-refractivity contribution is 0.399. The predicted molar refractivity (Wildman–Crippen MR) is 55.5 cm³/mol. The molecule has 1 rings (SSSR count). The molecule has 3 unspecified atom stereocenters. The zero-order valence-electron chi connectivity index (χ0n) is 8.72. The fourth-order valence-corrected chi connectivity index (χ4v) is 2.49. The maximum atomic E-state index is 6.09. The first-order chi connectivity index (χ1) is 5.63. The molecule has 0 aliphatic heterocycles. The standard InChI is InChI=1S/C11H21B/c1-4-9-6-10(5-8(2)3)11(12)7-9/h8-11H,4-7H2,1-3H3. The molecule has 2 radical (unpaired) electrons. The predicted octanol–water partition coefficient (Wildman–Crippen LogP) is 3.43. The molecule has 1 aliphatic carbocycles. The third-order valence-electron chi connectivity index (χ3n) is 3.20. The monoisotopic (exact) mass is 164 g/mol. The smallest absolute Gasteiger partial charge is 0.0703 e. The molecule has 0 saturated heterocycles. The van der Waals surface area contributed by atoms with Gasteiger partial charge in [0.2, 0.25) is 0 Å². The highest BCUT2D eigenvalue weighted by Gasteiger charge is 2.29. The summed E-state index contributed by atoms with van der Waals surface area (Å²) in [5.41, 5.74) is 0. The summed E-state index contributed by atoms with van der Waals surface area (Å²) in [5, 5.41) is 0. The van der Waals surface area contributed by atoms with Crippen LogP contribution in [-0.4, -0.2) is 7.85 Å². The maximum Gasteiger partial charge on any atom is 0.0703 e. The van der Waals surface area contributed by atoms with Crippen LogP contribution in [0.4, 0.5) is 0 Å². The van der Waals surface area contributed by atoms with Crippen LogP contribution < -0.4 is 0 Å². The average Bonchev–Trinajstić information content (AvgIpc) is 2.31. The van der Waals surface area contributed by atoms with Crippen molar-refractivity contribution in [3.05, 3.63) is 0 Å². The Labute approximate surface area is 78.5 Å². The topological polar surface area (TPSA) is 0 Å². The highest BCUT2D eigenvalue weighted by atomic mass is 14.3. The third kappa shape index (κ3) is 2.53. The number of hydrogen-bond acceptors (Lipinski definition) is 0. The van der Waals surface area contributed by atoms with Crippen molar-refractivity contribution in [2.24, 2.45) is 17.8 Å². The summed E-state index contributed by atoms with van der Waals surface area (Å²) in [7, 11) is 6.09. The van der Waals surface area contributed by atoms with E-state index in [4.69, 9.17) is 7.85 Å². The van der Waals surface area contributed by atoms with Crippen LogP contribution in [0.25, 0.3) is 0 Å². The van der Waals surface area contributed by atoms with Gasteiger partial charge in [0.25, 0.3) is 0 Å². The van der Waals surface area contributed by atoms with E-state index >= 15 is 0 Å². The Morgan fingerprint density at radius 2 is 2.00 bits per heavy atom. The van der Waals surface area contributed by atoms with Gasteiger partial charge in [0, 0.05) is 0 Å². The average molecular weight is 164 g/mol. The second kappa shape index (κ2) is 4.34. The van der Waals surface area contributed by atoms with Crippen molar-refractivity contribution < 1.29 is 0 Å². The van der Waals surface area contributed by atoms with Crippen LogP contribution in [0.3, 0.4) is 0 Å². The molecule has 0 aromatic heterocycles. The van der Waals surface area contributed by atoms with Gasteiger partial charge in [0.1, 0.15) is 0 Å². The fraction of sp³-hybridized carbons (Fsp3) is 1.00. The van der Waals surface area contributed by atoms with E-state index in [2.05, 4.69) is 20.8 Å². The van der Waals surface area contributed by atoms with Crippen molar-refractivity contribution in [1.82, 2.24) is 0 Å². The van der Waals surface area contributed by atoms with Crippen LogP contribution in [0.5, 0.6) is 0 Å². The van der Waals surface area contributed by atoms with E-state index in [-0.39, 0.29) is 0 Å². The SMILES string of the molecule is [B]C1CC(CC)CC1CC(C)C. The van der Waals surface area contributed by atoms with Gasteiger partial charge in [-0.15, -0.1) is 0 Å². The number of hydrogen-bond donors (Lipinski definition) is 0. The Morgan fingerprint density at radius 3 is 2.42 bits per heavy atom. The highest BCUT2D eigenvalue weighted by molar-refractivity contribution is 6.12. The lowest BCUT2D eigenvalue weighted by Crippen LogP contribution is -2.05. The van der Waals surface area contributed by atoms with Crippen molar-refractivity contribution in [2.45, 2.75) is 52.3 Å². The van der Waals surface area contributed by atoms with Crippen LogP contribution in [0.1, 0.15) is 46.5 Å². The third-order valence-corrected chi connectivity index (χ3v) is 3.20. The molecule has 3 atom stereocenters. The Bertz CT molecular complexity index is 131. The van der Waals surface area contributed by atoms with Gasteiger partial charge in [0.15, 0.2) is 0 Å². The fourth-order valence-electron chi connectivity index (χ4n) is 2.49. The van der Waals surface area contributed by atoms with E-state index in [0.29, 0.717) is 5.82 Å². The largest absolute Gasteiger partial charge is 0.0743 e. The van der Waals surface area contributed by atoms with Crippen LogP contribution in [0.15, 0.2) is 0 Å². The van der Waals surface area contributed by atoms with E-state index in [9.17, 15) is 0 Å². The van der Waals surface area contributed by atoms with Crippen molar-refractivity contribution in [3.8, 4) is 0 Å². The van der Waals surface area contributed by atoms with Gasteiger partial charge in [-0.05, 0) is 30.6 Å². The molecule has 1 fully saturated rings. The summed E-state index contributed by atoms with van der Waals surface area (Å²) < 4.78 is 0. The molecule has 0 N–H and O–H groups in total. The molecule has 1 saturated carbocycles. The molecule has 0 aromatic carbocycles. The molecule has 0 heterocycles. The summed E-state index contributed by atoms with van der Waals surface area (Å²) in [6, 6.07) is 0. The first kappa shape index (κ1) is 10.1. The molecule has 68 valence electrons. The van der Waals surface area contributed by atoms with E-state index in [1.54, 1.807) is 0 Å². The molecule has 0 spiro atoms. The zero-order valence-corrected chi connectivity index (χ0v) is 8.72. The van der Waals surface area contributed by atoms with Gasteiger partial charge in [-0.3, -0.25) is 0 Å². The van der Waals surface area contributed by atoms with Gasteiger partial charge < -0.3 is 0 Å². The van der Waals surface area contributed by atoms with E-state index in [1.807, 2.05) is 0 Å². The first-order valence-corrected chi connectivity index (χ1v) is 5.39. The molecule has 1 aliphatic rings.